The zero-order chi connectivity index (χ0) is 18.6. The molecule has 1 fully saturated rings. The monoisotopic (exact) mass is 385 g/mol. The maximum Gasteiger partial charge on any atom is 0.261 e. The molecule has 3 aromatic rings. The molecule has 0 aliphatic carbocycles. The number of aromatic nitrogens is 4. The van der Waals surface area contributed by atoms with Gasteiger partial charge in [0.1, 0.15) is 23.3 Å². The highest BCUT2D eigenvalue weighted by Crippen LogP contribution is 2.38. The van der Waals surface area contributed by atoms with Gasteiger partial charge in [0.2, 0.25) is 0 Å². The van der Waals surface area contributed by atoms with E-state index in [2.05, 4.69) is 15.5 Å². The second-order valence-corrected chi connectivity index (χ2v) is 7.06. The van der Waals surface area contributed by atoms with Crippen LogP contribution < -0.4 is 4.74 Å². The molecule has 2 aromatic carbocycles. The number of hydrogen-bond donors (Lipinski definition) is 0. The van der Waals surface area contributed by atoms with Crippen molar-refractivity contribution in [2.45, 2.75) is 5.37 Å². The first-order chi connectivity index (χ1) is 13.2. The molecule has 0 radical (unpaired) electrons. The number of hydrogen-bond acceptors (Lipinski definition) is 6. The number of ether oxygens (including phenoxy) is 1. The van der Waals surface area contributed by atoms with E-state index in [1.807, 2.05) is 6.07 Å². The number of rotatable bonds is 5. The molecule has 7 nitrogen and oxygen atoms in total. The fourth-order valence-electron chi connectivity index (χ4n) is 2.88. The van der Waals surface area contributed by atoms with Gasteiger partial charge in [0, 0.05) is 23.9 Å². The summed E-state index contributed by atoms with van der Waals surface area (Å²) >= 11 is 1.55. The molecule has 138 valence electrons. The minimum Gasteiger partial charge on any atom is -0.484 e. The van der Waals surface area contributed by atoms with Crippen molar-refractivity contribution in [2.24, 2.45) is 0 Å². The lowest BCUT2D eigenvalue weighted by molar-refractivity contribution is -0.133. The van der Waals surface area contributed by atoms with Crippen molar-refractivity contribution >= 4 is 17.7 Å². The van der Waals surface area contributed by atoms with Gasteiger partial charge in [0.25, 0.3) is 5.91 Å². The third-order valence-electron chi connectivity index (χ3n) is 4.18. The van der Waals surface area contributed by atoms with Crippen LogP contribution in [0.3, 0.4) is 0 Å². The quantitative estimate of drug-likeness (QED) is 0.672. The SMILES string of the molecule is O=C(COc1cccc(-n2cnnn2)c1)N1CCS[C@@H]1c1ccccc1F. The number of benzene rings is 2. The first kappa shape index (κ1) is 17.5. The molecule has 0 unspecified atom stereocenters. The lowest BCUT2D eigenvalue weighted by Gasteiger charge is -2.24. The van der Waals surface area contributed by atoms with E-state index in [9.17, 15) is 9.18 Å². The Bertz CT molecular complexity index is 937. The van der Waals surface area contributed by atoms with Gasteiger partial charge in [0.15, 0.2) is 6.61 Å². The molecule has 1 aromatic heterocycles. The van der Waals surface area contributed by atoms with Crippen LogP contribution in [0, 0.1) is 5.82 Å². The van der Waals surface area contributed by atoms with E-state index in [1.54, 1.807) is 53.1 Å². The summed E-state index contributed by atoms with van der Waals surface area (Å²) in [5, 5.41) is 10.7. The third kappa shape index (κ3) is 3.77. The molecule has 1 aliphatic rings. The Kier molecular flexibility index (Phi) is 5.01. The van der Waals surface area contributed by atoms with Crippen LogP contribution in [0.2, 0.25) is 0 Å². The van der Waals surface area contributed by atoms with Crippen molar-refractivity contribution in [3.8, 4) is 11.4 Å². The molecule has 4 rings (SSSR count). The molecule has 1 amide bonds. The molecule has 2 heterocycles. The van der Waals surface area contributed by atoms with Crippen LogP contribution in [0.1, 0.15) is 10.9 Å². The smallest absolute Gasteiger partial charge is 0.261 e. The highest BCUT2D eigenvalue weighted by Gasteiger charge is 2.32. The molecular formula is C18H16FN5O2S. The van der Waals surface area contributed by atoms with Crippen LogP contribution in [0.4, 0.5) is 4.39 Å². The van der Waals surface area contributed by atoms with Gasteiger partial charge >= 0.3 is 0 Å². The molecule has 0 spiro atoms. The minimum atomic E-state index is -0.324. The van der Waals surface area contributed by atoms with E-state index in [1.165, 1.54) is 17.1 Å². The van der Waals surface area contributed by atoms with Crippen molar-refractivity contribution in [1.82, 2.24) is 25.1 Å². The second kappa shape index (κ2) is 7.75. The number of amides is 1. The van der Waals surface area contributed by atoms with Crippen LogP contribution in [-0.4, -0.2) is 49.9 Å². The van der Waals surface area contributed by atoms with Crippen LogP contribution in [0.15, 0.2) is 54.9 Å². The van der Waals surface area contributed by atoms with Crippen molar-refractivity contribution in [3.63, 3.8) is 0 Å². The van der Waals surface area contributed by atoms with Crippen LogP contribution in [0.5, 0.6) is 5.75 Å². The standard InChI is InChI=1S/C18H16FN5O2S/c19-16-7-2-1-6-15(16)18-23(8-9-27-18)17(25)11-26-14-5-3-4-13(10-14)24-12-20-21-22-24/h1-7,10,12,18H,8-9,11H2/t18-/m1/s1. The van der Waals surface area contributed by atoms with E-state index < -0.39 is 0 Å². The average Bonchev–Trinajstić information content (AvgIpc) is 3.39. The summed E-state index contributed by atoms with van der Waals surface area (Å²) in [6.45, 7) is 0.446. The zero-order valence-corrected chi connectivity index (χ0v) is 15.1. The van der Waals surface area contributed by atoms with Gasteiger partial charge in [-0.25, -0.2) is 9.07 Å². The summed E-state index contributed by atoms with van der Waals surface area (Å²) in [5.74, 6) is 0.816. The molecular weight excluding hydrogens is 369 g/mol. The fourth-order valence-corrected chi connectivity index (χ4v) is 4.18. The molecule has 1 atom stereocenters. The maximum absolute atomic E-state index is 14.1. The first-order valence-electron chi connectivity index (χ1n) is 8.34. The van der Waals surface area contributed by atoms with Gasteiger partial charge in [-0.1, -0.05) is 24.3 Å². The summed E-state index contributed by atoms with van der Waals surface area (Å²) in [5.41, 5.74) is 1.25. The van der Waals surface area contributed by atoms with Crippen molar-refractivity contribution in [2.75, 3.05) is 18.9 Å². The lowest BCUT2D eigenvalue weighted by atomic mass is 10.2. The van der Waals surface area contributed by atoms with E-state index >= 15 is 0 Å². The predicted molar refractivity (Wildman–Crippen MR) is 98.0 cm³/mol. The number of nitrogens with zero attached hydrogens (tertiary/aromatic N) is 5. The number of halogens is 1. The largest absolute Gasteiger partial charge is 0.484 e. The number of carbonyl (C=O) groups is 1. The predicted octanol–water partition coefficient (Wildman–Crippen LogP) is 2.45. The summed E-state index contributed by atoms with van der Waals surface area (Å²) in [6.07, 6.45) is 1.48. The van der Waals surface area contributed by atoms with Gasteiger partial charge in [0.05, 0.1) is 5.69 Å². The molecule has 0 saturated carbocycles. The Hall–Kier alpha value is -2.94. The fraction of sp³-hybridized carbons (Fsp3) is 0.222. The Morgan fingerprint density at radius 2 is 2.15 bits per heavy atom. The Balaban J connectivity index is 1.43. The van der Waals surface area contributed by atoms with E-state index in [0.717, 1.165) is 11.4 Å². The number of tetrazole rings is 1. The number of carbonyl (C=O) groups excluding carboxylic acids is 1. The maximum atomic E-state index is 14.1. The van der Waals surface area contributed by atoms with Gasteiger partial charge in [-0.3, -0.25) is 4.79 Å². The van der Waals surface area contributed by atoms with Crippen molar-refractivity contribution in [1.29, 1.82) is 0 Å². The van der Waals surface area contributed by atoms with E-state index in [4.69, 9.17) is 4.74 Å². The summed E-state index contributed by atoms with van der Waals surface area (Å²) in [4.78, 5) is 14.3. The van der Waals surface area contributed by atoms with Gasteiger partial charge < -0.3 is 9.64 Å². The van der Waals surface area contributed by atoms with Gasteiger partial charge in [-0.2, -0.15) is 0 Å². The minimum absolute atomic E-state index is 0.120. The molecule has 27 heavy (non-hydrogen) atoms. The molecule has 1 saturated heterocycles. The van der Waals surface area contributed by atoms with E-state index in [0.29, 0.717) is 17.9 Å². The van der Waals surface area contributed by atoms with Crippen LogP contribution in [0.25, 0.3) is 5.69 Å². The summed E-state index contributed by atoms with van der Waals surface area (Å²) in [6, 6.07) is 13.7. The molecule has 0 N–H and O–H groups in total. The summed E-state index contributed by atoms with van der Waals surface area (Å²) < 4.78 is 21.3. The number of thioether (sulfide) groups is 1. The van der Waals surface area contributed by atoms with Crippen molar-refractivity contribution < 1.29 is 13.9 Å². The molecule has 1 aliphatic heterocycles. The lowest BCUT2D eigenvalue weighted by Crippen LogP contribution is -2.34. The van der Waals surface area contributed by atoms with Crippen LogP contribution >= 0.6 is 11.8 Å². The molecule has 0 bridgehead atoms. The Morgan fingerprint density at radius 3 is 2.96 bits per heavy atom. The summed E-state index contributed by atoms with van der Waals surface area (Å²) in [7, 11) is 0. The third-order valence-corrected chi connectivity index (χ3v) is 5.42. The molecule has 9 heteroatoms. The van der Waals surface area contributed by atoms with Gasteiger partial charge in [-0.15, -0.1) is 16.9 Å². The Morgan fingerprint density at radius 1 is 1.26 bits per heavy atom. The zero-order valence-electron chi connectivity index (χ0n) is 14.2. The van der Waals surface area contributed by atoms with Crippen LogP contribution in [-0.2, 0) is 4.79 Å². The Labute approximate surface area is 159 Å². The normalized spacial score (nSPS) is 16.5. The van der Waals surface area contributed by atoms with E-state index in [-0.39, 0.29) is 23.7 Å². The second-order valence-electron chi connectivity index (χ2n) is 5.87. The topological polar surface area (TPSA) is 73.1 Å². The average molecular weight is 385 g/mol. The van der Waals surface area contributed by atoms with Gasteiger partial charge in [-0.05, 0) is 28.6 Å². The first-order valence-corrected chi connectivity index (χ1v) is 9.39. The highest BCUT2D eigenvalue weighted by atomic mass is 32.2. The highest BCUT2D eigenvalue weighted by molar-refractivity contribution is 7.99. The van der Waals surface area contributed by atoms with Crippen molar-refractivity contribution in [3.05, 3.63) is 66.2 Å².